The van der Waals surface area contributed by atoms with E-state index in [0.29, 0.717) is 30.0 Å². The summed E-state index contributed by atoms with van der Waals surface area (Å²) in [6.45, 7) is 2.29. The van der Waals surface area contributed by atoms with Gasteiger partial charge < -0.3 is 25.4 Å². The lowest BCUT2D eigenvalue weighted by Crippen LogP contribution is -2.46. The largest absolute Gasteiger partial charge is 0.416 e. The topological polar surface area (TPSA) is 90.9 Å². The molecule has 10 heteroatoms. The summed E-state index contributed by atoms with van der Waals surface area (Å²) in [6.07, 6.45) is -4.41. The van der Waals surface area contributed by atoms with Crippen molar-refractivity contribution in [2.24, 2.45) is 0 Å². The van der Waals surface area contributed by atoms with Gasteiger partial charge in [0.15, 0.2) is 0 Å². The lowest BCUT2D eigenvalue weighted by atomic mass is 10.0. The van der Waals surface area contributed by atoms with Crippen molar-refractivity contribution in [2.45, 2.75) is 12.2 Å². The van der Waals surface area contributed by atoms with Crippen molar-refractivity contribution in [3.05, 3.63) is 83.9 Å². The third-order valence-electron chi connectivity index (χ3n) is 6.01. The van der Waals surface area contributed by atoms with Gasteiger partial charge in [0.2, 0.25) is 5.91 Å². The van der Waals surface area contributed by atoms with Crippen molar-refractivity contribution >= 4 is 23.2 Å². The van der Waals surface area contributed by atoms with Gasteiger partial charge in [0, 0.05) is 30.0 Å². The van der Waals surface area contributed by atoms with Crippen LogP contribution in [0.15, 0.2) is 72.8 Å². The fourth-order valence-corrected chi connectivity index (χ4v) is 3.91. The van der Waals surface area contributed by atoms with E-state index in [2.05, 4.69) is 15.5 Å². The molecule has 37 heavy (non-hydrogen) atoms. The standard InChI is InChI=1S/C27H26F3N3O4/c28-27(29,30)21-7-5-19(6-8-21)18-1-3-20(4-2-18)25(35)32-24(17-34)26(36)31-22-9-11-23(12-10-22)33-13-15-37-16-14-33/h1-12,24,34H,13-17H2,(H,31,36)(H,32,35). The van der Waals surface area contributed by atoms with Crippen molar-refractivity contribution in [3.63, 3.8) is 0 Å². The average molecular weight is 514 g/mol. The third-order valence-corrected chi connectivity index (χ3v) is 6.01. The first-order valence-electron chi connectivity index (χ1n) is 11.7. The summed E-state index contributed by atoms with van der Waals surface area (Å²) in [7, 11) is 0. The minimum Gasteiger partial charge on any atom is -0.394 e. The number of rotatable bonds is 7. The van der Waals surface area contributed by atoms with Gasteiger partial charge in [0.25, 0.3) is 5.91 Å². The first-order valence-corrected chi connectivity index (χ1v) is 11.7. The monoisotopic (exact) mass is 513 g/mol. The minimum absolute atomic E-state index is 0.233. The van der Waals surface area contributed by atoms with Crippen molar-refractivity contribution in [2.75, 3.05) is 43.1 Å². The summed E-state index contributed by atoms with van der Waals surface area (Å²) >= 11 is 0. The van der Waals surface area contributed by atoms with Gasteiger partial charge in [-0.2, -0.15) is 13.2 Å². The molecule has 1 heterocycles. The molecule has 0 radical (unpaired) electrons. The number of hydrogen-bond acceptors (Lipinski definition) is 5. The molecule has 0 aromatic heterocycles. The molecule has 0 bridgehead atoms. The number of carbonyl (C=O) groups excluding carboxylic acids is 2. The molecule has 194 valence electrons. The van der Waals surface area contributed by atoms with Gasteiger partial charge in [0.05, 0.1) is 25.4 Å². The van der Waals surface area contributed by atoms with Crippen LogP contribution in [-0.2, 0) is 15.7 Å². The van der Waals surface area contributed by atoms with E-state index < -0.39 is 36.2 Å². The Morgan fingerprint density at radius 3 is 2.00 bits per heavy atom. The predicted molar refractivity (Wildman–Crippen MR) is 133 cm³/mol. The number of ether oxygens (including phenoxy) is 1. The number of nitrogens with zero attached hydrogens (tertiary/aromatic N) is 1. The minimum atomic E-state index is -4.41. The Balaban J connectivity index is 1.35. The molecular weight excluding hydrogens is 487 g/mol. The maximum absolute atomic E-state index is 12.8. The first kappa shape index (κ1) is 26.2. The van der Waals surface area contributed by atoms with Crippen LogP contribution in [-0.4, -0.2) is 55.9 Å². The zero-order valence-corrected chi connectivity index (χ0v) is 19.8. The van der Waals surface area contributed by atoms with Gasteiger partial charge in [-0.05, 0) is 59.7 Å². The number of anilines is 2. The zero-order chi connectivity index (χ0) is 26.4. The zero-order valence-electron chi connectivity index (χ0n) is 19.8. The summed E-state index contributed by atoms with van der Waals surface area (Å²) in [5.41, 5.74) is 2.21. The number of carbonyl (C=O) groups is 2. The highest BCUT2D eigenvalue weighted by Gasteiger charge is 2.30. The van der Waals surface area contributed by atoms with Crippen LogP contribution in [0.4, 0.5) is 24.5 Å². The fourth-order valence-electron chi connectivity index (χ4n) is 3.91. The molecule has 0 spiro atoms. The van der Waals surface area contributed by atoms with Crippen LogP contribution in [0.2, 0.25) is 0 Å². The molecule has 1 atom stereocenters. The molecule has 3 aromatic rings. The molecule has 1 aliphatic heterocycles. The molecule has 1 fully saturated rings. The van der Waals surface area contributed by atoms with E-state index in [1.54, 1.807) is 24.3 Å². The van der Waals surface area contributed by atoms with Gasteiger partial charge in [0.1, 0.15) is 6.04 Å². The number of amides is 2. The van der Waals surface area contributed by atoms with Crippen molar-refractivity contribution < 1.29 is 32.6 Å². The molecule has 7 nitrogen and oxygen atoms in total. The highest BCUT2D eigenvalue weighted by Crippen LogP contribution is 2.31. The second-order valence-corrected chi connectivity index (χ2v) is 8.50. The van der Waals surface area contributed by atoms with Gasteiger partial charge in [-0.15, -0.1) is 0 Å². The lowest BCUT2D eigenvalue weighted by Gasteiger charge is -2.29. The Bertz CT molecular complexity index is 1210. The molecule has 0 aliphatic carbocycles. The smallest absolute Gasteiger partial charge is 0.394 e. The van der Waals surface area contributed by atoms with Gasteiger partial charge in [-0.25, -0.2) is 0 Å². The Labute approximate surface area is 211 Å². The maximum Gasteiger partial charge on any atom is 0.416 e. The lowest BCUT2D eigenvalue weighted by molar-refractivity contribution is -0.137. The van der Waals surface area contributed by atoms with Crippen LogP contribution in [0.5, 0.6) is 0 Å². The molecule has 1 aliphatic rings. The third kappa shape index (κ3) is 6.66. The van der Waals surface area contributed by atoms with E-state index in [-0.39, 0.29) is 5.56 Å². The number of morpholine rings is 1. The highest BCUT2D eigenvalue weighted by atomic mass is 19.4. The number of alkyl halides is 3. The fraction of sp³-hybridized carbons (Fsp3) is 0.259. The SMILES string of the molecule is O=C(NC(CO)C(=O)Nc1ccc(N2CCOCC2)cc1)c1ccc(-c2ccc(C(F)(F)F)cc2)cc1. The molecule has 3 aromatic carbocycles. The maximum atomic E-state index is 12.8. The van der Waals surface area contributed by atoms with E-state index in [1.807, 2.05) is 12.1 Å². The average Bonchev–Trinajstić information content (AvgIpc) is 2.92. The first-order chi connectivity index (χ1) is 17.7. The Morgan fingerprint density at radius 1 is 0.892 bits per heavy atom. The van der Waals surface area contributed by atoms with Crippen molar-refractivity contribution in [1.82, 2.24) is 5.32 Å². The van der Waals surface area contributed by atoms with E-state index in [0.717, 1.165) is 30.9 Å². The molecule has 0 saturated carbocycles. The normalized spacial score (nSPS) is 14.6. The number of benzene rings is 3. The van der Waals surface area contributed by atoms with Gasteiger partial charge >= 0.3 is 6.18 Å². The van der Waals surface area contributed by atoms with Crippen molar-refractivity contribution in [3.8, 4) is 11.1 Å². The molecule has 4 rings (SSSR count). The predicted octanol–water partition coefficient (Wildman–Crippen LogP) is 3.94. The van der Waals surface area contributed by atoms with Crippen LogP contribution in [0.1, 0.15) is 15.9 Å². The molecule has 1 unspecified atom stereocenters. The second-order valence-electron chi connectivity index (χ2n) is 8.50. The number of aliphatic hydroxyl groups excluding tert-OH is 1. The highest BCUT2D eigenvalue weighted by molar-refractivity contribution is 6.01. The van der Waals surface area contributed by atoms with Gasteiger partial charge in [-0.1, -0.05) is 24.3 Å². The number of hydrogen-bond donors (Lipinski definition) is 3. The summed E-state index contributed by atoms with van der Waals surface area (Å²) in [5.74, 6) is -1.15. The number of halogens is 3. The Morgan fingerprint density at radius 2 is 1.46 bits per heavy atom. The van der Waals surface area contributed by atoms with E-state index in [1.165, 1.54) is 24.3 Å². The van der Waals surface area contributed by atoms with Gasteiger partial charge in [-0.3, -0.25) is 9.59 Å². The van der Waals surface area contributed by atoms with Crippen LogP contribution in [0, 0.1) is 0 Å². The van der Waals surface area contributed by atoms with E-state index in [9.17, 15) is 27.9 Å². The molecule has 3 N–H and O–H groups in total. The van der Waals surface area contributed by atoms with Crippen LogP contribution in [0.25, 0.3) is 11.1 Å². The second kappa shape index (κ2) is 11.4. The Kier molecular flexibility index (Phi) is 8.10. The molecular formula is C27H26F3N3O4. The number of nitrogens with one attached hydrogen (secondary N) is 2. The Hall–Kier alpha value is -3.89. The summed E-state index contributed by atoms with van der Waals surface area (Å²) < 4.78 is 43.6. The summed E-state index contributed by atoms with van der Waals surface area (Å²) in [6, 6.07) is 17.0. The van der Waals surface area contributed by atoms with E-state index in [4.69, 9.17) is 4.74 Å². The van der Waals surface area contributed by atoms with E-state index >= 15 is 0 Å². The quantitative estimate of drug-likeness (QED) is 0.445. The van der Waals surface area contributed by atoms with Crippen molar-refractivity contribution in [1.29, 1.82) is 0 Å². The van der Waals surface area contributed by atoms with Crippen LogP contribution >= 0.6 is 0 Å². The van der Waals surface area contributed by atoms with Crippen LogP contribution in [0.3, 0.4) is 0 Å². The molecule has 2 amide bonds. The molecule has 1 saturated heterocycles. The number of aliphatic hydroxyl groups is 1. The summed E-state index contributed by atoms with van der Waals surface area (Å²) in [4.78, 5) is 27.5. The summed E-state index contributed by atoms with van der Waals surface area (Å²) in [5, 5.41) is 14.9. The van der Waals surface area contributed by atoms with Crippen LogP contribution < -0.4 is 15.5 Å².